The number of piperidine rings is 1. The fraction of sp³-hybridized carbons (Fsp3) is 0.812. The van der Waals surface area contributed by atoms with Crippen LogP contribution in [0.25, 0.3) is 0 Å². The molecule has 1 saturated carbocycles. The van der Waals surface area contributed by atoms with Gasteiger partial charge in [-0.05, 0) is 37.5 Å². The minimum Gasteiger partial charge on any atom is -0.351 e. The third kappa shape index (κ3) is 2.75. The maximum Gasteiger partial charge on any atom is 0.260 e. The van der Waals surface area contributed by atoms with Crippen LogP contribution in [-0.4, -0.2) is 51.1 Å². The maximum atomic E-state index is 13.3. The molecule has 0 spiro atoms. The van der Waals surface area contributed by atoms with E-state index >= 15 is 0 Å². The molecule has 0 aromatic carbocycles. The molecule has 3 aliphatic rings. The largest absolute Gasteiger partial charge is 0.351 e. The standard InChI is InChI=1S/C16H23F2N5O/c1-9-6-11(9)15(24)22-4-2-10(3-5-22)12-7-13(14(17)18)23-16(21-12)19-8-20-23/h8-14H,2-7H2,1H3,(H,19,20,21)/t9-,11+,12+,13-/m1/s1. The van der Waals surface area contributed by atoms with Crippen molar-refractivity contribution >= 4 is 11.9 Å². The molecule has 1 saturated heterocycles. The van der Waals surface area contributed by atoms with E-state index in [1.54, 1.807) is 0 Å². The van der Waals surface area contributed by atoms with Crippen LogP contribution in [0.3, 0.4) is 0 Å². The average molecular weight is 339 g/mol. The summed E-state index contributed by atoms with van der Waals surface area (Å²) in [5, 5.41) is 7.19. The minimum atomic E-state index is -2.45. The molecule has 1 amide bonds. The number of likely N-dealkylation sites (tertiary alicyclic amines) is 1. The molecular weight excluding hydrogens is 316 g/mol. The Morgan fingerprint density at radius 2 is 2.04 bits per heavy atom. The number of anilines is 1. The second-order valence-electron chi connectivity index (χ2n) is 7.40. The van der Waals surface area contributed by atoms with E-state index in [2.05, 4.69) is 22.3 Å². The molecule has 0 radical (unpaired) electrons. The molecule has 3 heterocycles. The fourth-order valence-corrected chi connectivity index (χ4v) is 4.12. The van der Waals surface area contributed by atoms with Crippen molar-refractivity contribution < 1.29 is 13.6 Å². The predicted molar refractivity (Wildman–Crippen MR) is 83.7 cm³/mol. The van der Waals surface area contributed by atoms with Crippen LogP contribution >= 0.6 is 0 Å². The lowest BCUT2D eigenvalue weighted by Gasteiger charge is -2.40. The lowest BCUT2D eigenvalue weighted by molar-refractivity contribution is -0.134. The summed E-state index contributed by atoms with van der Waals surface area (Å²) in [6, 6.07) is -0.946. The van der Waals surface area contributed by atoms with Crippen molar-refractivity contribution in [2.24, 2.45) is 17.8 Å². The van der Waals surface area contributed by atoms with Crippen LogP contribution in [0.1, 0.15) is 38.6 Å². The third-order valence-electron chi connectivity index (χ3n) is 5.83. The molecule has 0 bridgehead atoms. The van der Waals surface area contributed by atoms with Crippen LogP contribution in [0, 0.1) is 17.8 Å². The normalized spacial score (nSPS) is 33.2. The van der Waals surface area contributed by atoms with Gasteiger partial charge in [0.1, 0.15) is 12.4 Å². The number of aromatic nitrogens is 3. The number of rotatable bonds is 3. The zero-order valence-corrected chi connectivity index (χ0v) is 13.7. The lowest BCUT2D eigenvalue weighted by atomic mass is 9.85. The van der Waals surface area contributed by atoms with Crippen LogP contribution in [0.2, 0.25) is 0 Å². The highest BCUT2D eigenvalue weighted by atomic mass is 19.3. The van der Waals surface area contributed by atoms with Gasteiger partial charge in [-0.1, -0.05) is 6.92 Å². The Labute approximate surface area is 139 Å². The number of halogens is 2. The number of amides is 1. The van der Waals surface area contributed by atoms with Crippen LogP contribution in [0.15, 0.2) is 6.33 Å². The van der Waals surface area contributed by atoms with E-state index in [1.165, 1.54) is 11.0 Å². The summed E-state index contributed by atoms with van der Waals surface area (Å²) in [6.07, 6.45) is 1.94. The topological polar surface area (TPSA) is 63.1 Å². The highest BCUT2D eigenvalue weighted by molar-refractivity contribution is 5.81. The van der Waals surface area contributed by atoms with Crippen molar-refractivity contribution in [3.63, 3.8) is 0 Å². The molecule has 6 nitrogen and oxygen atoms in total. The van der Waals surface area contributed by atoms with Gasteiger partial charge in [0.05, 0.1) is 0 Å². The van der Waals surface area contributed by atoms with Gasteiger partial charge >= 0.3 is 0 Å². The minimum absolute atomic E-state index is 0.0298. The van der Waals surface area contributed by atoms with Gasteiger partial charge in [0.25, 0.3) is 6.43 Å². The number of fused-ring (bicyclic) bond motifs is 1. The second-order valence-corrected chi connectivity index (χ2v) is 7.40. The van der Waals surface area contributed by atoms with E-state index < -0.39 is 12.5 Å². The molecule has 1 N–H and O–H groups in total. The summed E-state index contributed by atoms with van der Waals surface area (Å²) in [4.78, 5) is 18.3. The third-order valence-corrected chi connectivity index (χ3v) is 5.83. The van der Waals surface area contributed by atoms with Crippen molar-refractivity contribution in [3.05, 3.63) is 6.33 Å². The molecule has 8 heteroatoms. The molecule has 1 aliphatic carbocycles. The molecule has 4 atom stereocenters. The summed E-state index contributed by atoms with van der Waals surface area (Å²) in [6.45, 7) is 3.58. The first kappa shape index (κ1) is 15.8. The summed E-state index contributed by atoms with van der Waals surface area (Å²) in [7, 11) is 0. The Kier molecular flexibility index (Phi) is 3.92. The molecule has 132 valence electrons. The van der Waals surface area contributed by atoms with Gasteiger partial charge in [-0.25, -0.2) is 13.5 Å². The van der Waals surface area contributed by atoms with E-state index in [-0.39, 0.29) is 23.8 Å². The summed E-state index contributed by atoms with van der Waals surface area (Å²) < 4.78 is 28.0. The van der Waals surface area contributed by atoms with Crippen LogP contribution < -0.4 is 5.32 Å². The van der Waals surface area contributed by atoms with E-state index in [0.717, 1.165) is 32.4 Å². The van der Waals surface area contributed by atoms with E-state index in [4.69, 9.17) is 0 Å². The van der Waals surface area contributed by atoms with Gasteiger partial charge in [-0.2, -0.15) is 10.1 Å². The predicted octanol–water partition coefficient (Wildman–Crippen LogP) is 2.16. The molecule has 0 unspecified atom stereocenters. The number of hydrogen-bond acceptors (Lipinski definition) is 4. The van der Waals surface area contributed by atoms with Crippen molar-refractivity contribution in [1.82, 2.24) is 19.7 Å². The van der Waals surface area contributed by atoms with Gasteiger partial charge < -0.3 is 10.2 Å². The summed E-state index contributed by atoms with van der Waals surface area (Å²) in [5.74, 6) is 1.74. The van der Waals surface area contributed by atoms with Gasteiger partial charge in [0.15, 0.2) is 0 Å². The smallest absolute Gasteiger partial charge is 0.260 e. The Hall–Kier alpha value is -1.73. The van der Waals surface area contributed by atoms with Gasteiger partial charge in [0.2, 0.25) is 11.9 Å². The van der Waals surface area contributed by atoms with Crippen molar-refractivity contribution in [2.75, 3.05) is 18.4 Å². The van der Waals surface area contributed by atoms with Gasteiger partial charge in [-0.3, -0.25) is 4.79 Å². The maximum absolute atomic E-state index is 13.3. The van der Waals surface area contributed by atoms with E-state index in [0.29, 0.717) is 18.3 Å². The Morgan fingerprint density at radius 3 is 2.67 bits per heavy atom. The summed E-state index contributed by atoms with van der Waals surface area (Å²) in [5.41, 5.74) is 0. The fourth-order valence-electron chi connectivity index (χ4n) is 4.12. The molecule has 1 aromatic rings. The second kappa shape index (κ2) is 5.97. The van der Waals surface area contributed by atoms with Crippen molar-refractivity contribution in [2.45, 2.75) is 51.1 Å². The van der Waals surface area contributed by atoms with Gasteiger partial charge in [0, 0.05) is 25.0 Å². The SMILES string of the molecule is C[C@@H]1C[C@@H]1C(=O)N1CCC([C@@H]2C[C@H](C(F)F)n3ncnc3N2)CC1. The first-order valence-corrected chi connectivity index (χ1v) is 8.77. The van der Waals surface area contributed by atoms with Crippen LogP contribution in [0.5, 0.6) is 0 Å². The Morgan fingerprint density at radius 1 is 1.33 bits per heavy atom. The molecular formula is C16H23F2N5O. The van der Waals surface area contributed by atoms with Crippen molar-refractivity contribution in [1.29, 1.82) is 0 Å². The molecule has 2 aliphatic heterocycles. The highest BCUT2D eigenvalue weighted by Gasteiger charge is 2.43. The van der Waals surface area contributed by atoms with Crippen molar-refractivity contribution in [3.8, 4) is 0 Å². The molecule has 1 aromatic heterocycles. The van der Waals surface area contributed by atoms with E-state index in [9.17, 15) is 13.6 Å². The van der Waals surface area contributed by atoms with Crippen LogP contribution in [-0.2, 0) is 4.79 Å². The average Bonchev–Trinajstić information content (AvgIpc) is 3.12. The van der Waals surface area contributed by atoms with Gasteiger partial charge in [-0.15, -0.1) is 0 Å². The highest BCUT2D eigenvalue weighted by Crippen LogP contribution is 2.40. The number of nitrogens with one attached hydrogen (secondary N) is 1. The molecule has 2 fully saturated rings. The quantitative estimate of drug-likeness (QED) is 0.917. The first-order valence-electron chi connectivity index (χ1n) is 8.77. The van der Waals surface area contributed by atoms with E-state index in [1.807, 2.05) is 4.90 Å². The monoisotopic (exact) mass is 339 g/mol. The number of carbonyl (C=O) groups excluding carboxylic acids is 1. The zero-order valence-electron chi connectivity index (χ0n) is 13.7. The summed E-state index contributed by atoms with van der Waals surface area (Å²) >= 11 is 0. The number of nitrogens with zero attached hydrogens (tertiary/aromatic N) is 4. The number of hydrogen-bond donors (Lipinski definition) is 1. The number of carbonyl (C=O) groups is 1. The Bertz CT molecular complexity index is 613. The zero-order chi connectivity index (χ0) is 16.8. The molecule has 4 rings (SSSR count). The Balaban J connectivity index is 1.38. The molecule has 24 heavy (non-hydrogen) atoms. The number of alkyl halides is 2. The first-order chi connectivity index (χ1) is 11.5. The lowest BCUT2D eigenvalue weighted by Crippen LogP contribution is -2.46. The van der Waals surface area contributed by atoms with Crippen LogP contribution in [0.4, 0.5) is 14.7 Å².